The van der Waals surface area contributed by atoms with E-state index in [4.69, 9.17) is 0 Å². The van der Waals surface area contributed by atoms with Crippen molar-refractivity contribution in [2.24, 2.45) is 5.92 Å². The highest BCUT2D eigenvalue weighted by Gasteiger charge is 2.31. The molecule has 3 aromatic rings. The molecule has 3 heterocycles. The Bertz CT molecular complexity index is 1010. The number of para-hydroxylation sites is 1. The minimum atomic E-state index is -0.235. The summed E-state index contributed by atoms with van der Waals surface area (Å²) < 4.78 is 1.80. The number of rotatable bonds is 4. The Labute approximate surface area is 173 Å². The minimum absolute atomic E-state index is 0.0612. The maximum atomic E-state index is 13.3. The van der Waals surface area contributed by atoms with Crippen LogP contribution in [0.4, 0.5) is 5.13 Å². The van der Waals surface area contributed by atoms with E-state index >= 15 is 0 Å². The summed E-state index contributed by atoms with van der Waals surface area (Å²) in [6, 6.07) is 9.78. The normalized spacial score (nSPS) is 16.6. The first kappa shape index (κ1) is 19.3. The fraction of sp³-hybridized carbons (Fsp3) is 0.333. The summed E-state index contributed by atoms with van der Waals surface area (Å²) in [7, 11) is 0. The molecule has 1 saturated heterocycles. The van der Waals surface area contributed by atoms with Crippen LogP contribution < -0.4 is 5.32 Å². The number of carbonyl (C=O) groups excluding carboxylic acids is 2. The van der Waals surface area contributed by atoms with E-state index in [9.17, 15) is 9.59 Å². The molecule has 0 aliphatic carbocycles. The average Bonchev–Trinajstić information content (AvgIpc) is 3.35. The zero-order chi connectivity index (χ0) is 20.4. The van der Waals surface area contributed by atoms with Crippen molar-refractivity contribution in [3.8, 4) is 5.69 Å². The van der Waals surface area contributed by atoms with Crippen LogP contribution in [0.3, 0.4) is 0 Å². The van der Waals surface area contributed by atoms with E-state index < -0.39 is 0 Å². The molecule has 1 atom stereocenters. The number of carbonyl (C=O) groups is 2. The van der Waals surface area contributed by atoms with Crippen LogP contribution in [-0.4, -0.2) is 44.6 Å². The Kier molecular flexibility index (Phi) is 5.44. The second-order valence-corrected chi connectivity index (χ2v) is 8.10. The molecule has 7 nitrogen and oxygen atoms in total. The van der Waals surface area contributed by atoms with Gasteiger partial charge in [-0.3, -0.25) is 9.59 Å². The molecule has 1 aliphatic rings. The van der Waals surface area contributed by atoms with Crippen LogP contribution in [0.25, 0.3) is 5.69 Å². The van der Waals surface area contributed by atoms with Crippen molar-refractivity contribution < 1.29 is 9.59 Å². The van der Waals surface area contributed by atoms with Crippen molar-refractivity contribution >= 4 is 28.3 Å². The monoisotopic (exact) mass is 409 g/mol. The SMILES string of the molecule is Cc1nn(-c2ccccc2)c(C)c1C(=O)N1CCC[C@@H](C(=O)Nc2nccs2)C1. The predicted octanol–water partition coefficient (Wildman–Crippen LogP) is 3.44. The molecule has 0 unspecified atom stereocenters. The van der Waals surface area contributed by atoms with E-state index in [2.05, 4.69) is 15.4 Å². The highest BCUT2D eigenvalue weighted by molar-refractivity contribution is 7.13. The topological polar surface area (TPSA) is 80.1 Å². The molecule has 8 heteroatoms. The molecule has 4 rings (SSSR count). The quantitative estimate of drug-likeness (QED) is 0.716. The molecule has 29 heavy (non-hydrogen) atoms. The number of thiazole rings is 1. The van der Waals surface area contributed by atoms with Crippen molar-refractivity contribution in [3.05, 3.63) is 58.9 Å². The maximum absolute atomic E-state index is 13.3. The van der Waals surface area contributed by atoms with Gasteiger partial charge >= 0.3 is 0 Å². The van der Waals surface area contributed by atoms with Crippen LogP contribution in [0.2, 0.25) is 0 Å². The third-order valence-corrected chi connectivity index (χ3v) is 5.94. The van der Waals surface area contributed by atoms with Gasteiger partial charge in [0, 0.05) is 24.7 Å². The second kappa shape index (κ2) is 8.16. The van der Waals surface area contributed by atoms with Gasteiger partial charge in [-0.15, -0.1) is 11.3 Å². The zero-order valence-corrected chi connectivity index (χ0v) is 17.3. The van der Waals surface area contributed by atoms with Crippen molar-refractivity contribution in [3.63, 3.8) is 0 Å². The van der Waals surface area contributed by atoms with Crippen molar-refractivity contribution in [2.75, 3.05) is 18.4 Å². The molecule has 2 aromatic heterocycles. The fourth-order valence-corrected chi connectivity index (χ4v) is 4.33. The Balaban J connectivity index is 1.52. The Morgan fingerprint density at radius 1 is 1.21 bits per heavy atom. The summed E-state index contributed by atoms with van der Waals surface area (Å²) in [5, 5.41) is 9.85. The highest BCUT2D eigenvalue weighted by atomic mass is 32.1. The Morgan fingerprint density at radius 3 is 2.72 bits per heavy atom. The van der Waals surface area contributed by atoms with Gasteiger partial charge in [-0.05, 0) is 38.8 Å². The molecule has 1 aromatic carbocycles. The molecule has 0 saturated carbocycles. The molecule has 0 radical (unpaired) electrons. The summed E-state index contributed by atoms with van der Waals surface area (Å²) >= 11 is 1.39. The number of benzene rings is 1. The largest absolute Gasteiger partial charge is 0.338 e. The molecule has 1 fully saturated rings. The summed E-state index contributed by atoms with van der Waals surface area (Å²) in [6.45, 7) is 4.83. The average molecular weight is 410 g/mol. The number of anilines is 1. The fourth-order valence-electron chi connectivity index (χ4n) is 3.80. The predicted molar refractivity (Wildman–Crippen MR) is 112 cm³/mol. The maximum Gasteiger partial charge on any atom is 0.257 e. The van der Waals surface area contributed by atoms with Gasteiger partial charge in [-0.25, -0.2) is 9.67 Å². The number of aryl methyl sites for hydroxylation is 1. The van der Waals surface area contributed by atoms with E-state index in [0.29, 0.717) is 29.5 Å². The third kappa shape index (κ3) is 3.93. The molecule has 1 aliphatic heterocycles. The van der Waals surface area contributed by atoms with E-state index in [1.807, 2.05) is 49.6 Å². The Morgan fingerprint density at radius 2 is 2.00 bits per heavy atom. The molecule has 150 valence electrons. The third-order valence-electron chi connectivity index (χ3n) is 5.25. The number of aromatic nitrogens is 3. The van der Waals surface area contributed by atoms with E-state index in [-0.39, 0.29) is 17.7 Å². The smallest absolute Gasteiger partial charge is 0.257 e. The summed E-state index contributed by atoms with van der Waals surface area (Å²) in [5.41, 5.74) is 3.06. The van der Waals surface area contributed by atoms with Crippen LogP contribution in [0.1, 0.15) is 34.6 Å². The van der Waals surface area contributed by atoms with Crippen molar-refractivity contribution in [2.45, 2.75) is 26.7 Å². The van der Waals surface area contributed by atoms with Gasteiger partial charge in [0.05, 0.1) is 28.6 Å². The lowest BCUT2D eigenvalue weighted by Crippen LogP contribution is -2.44. The van der Waals surface area contributed by atoms with E-state index in [1.165, 1.54) is 11.3 Å². The van der Waals surface area contributed by atoms with Gasteiger partial charge in [0.15, 0.2) is 5.13 Å². The highest BCUT2D eigenvalue weighted by Crippen LogP contribution is 2.24. The number of hydrogen-bond acceptors (Lipinski definition) is 5. The van der Waals surface area contributed by atoms with Gasteiger partial charge in [-0.2, -0.15) is 5.10 Å². The minimum Gasteiger partial charge on any atom is -0.338 e. The van der Waals surface area contributed by atoms with Gasteiger partial charge in [0.25, 0.3) is 5.91 Å². The lowest BCUT2D eigenvalue weighted by molar-refractivity contribution is -0.121. The van der Waals surface area contributed by atoms with Crippen molar-refractivity contribution in [1.29, 1.82) is 0 Å². The second-order valence-electron chi connectivity index (χ2n) is 7.21. The van der Waals surface area contributed by atoms with Crippen LogP contribution >= 0.6 is 11.3 Å². The number of amides is 2. The standard InChI is InChI=1S/C21H23N5O2S/c1-14-18(15(2)26(24-14)17-8-4-3-5-9-17)20(28)25-11-6-7-16(13-25)19(27)23-21-22-10-12-29-21/h3-5,8-10,12,16H,6-7,11,13H2,1-2H3,(H,22,23,27)/t16-/m1/s1. The summed E-state index contributed by atoms with van der Waals surface area (Å²) in [5.74, 6) is -0.374. The van der Waals surface area contributed by atoms with Crippen molar-refractivity contribution in [1.82, 2.24) is 19.7 Å². The molecule has 0 spiro atoms. The number of nitrogens with one attached hydrogen (secondary N) is 1. The summed E-state index contributed by atoms with van der Waals surface area (Å²) in [4.78, 5) is 31.8. The zero-order valence-electron chi connectivity index (χ0n) is 16.5. The molecular weight excluding hydrogens is 386 g/mol. The van der Waals surface area contributed by atoms with Gasteiger partial charge in [-0.1, -0.05) is 18.2 Å². The first-order valence-corrected chi connectivity index (χ1v) is 10.5. The Hall–Kier alpha value is -3.00. The molecule has 0 bridgehead atoms. The number of piperidine rings is 1. The molecule has 2 amide bonds. The number of nitrogens with zero attached hydrogens (tertiary/aromatic N) is 4. The lowest BCUT2D eigenvalue weighted by Gasteiger charge is -2.32. The van der Waals surface area contributed by atoms with Gasteiger partial charge in [0.2, 0.25) is 5.91 Å². The van der Waals surface area contributed by atoms with Crippen LogP contribution in [0.15, 0.2) is 41.9 Å². The van der Waals surface area contributed by atoms with Gasteiger partial charge < -0.3 is 10.2 Å². The molecule has 1 N–H and O–H groups in total. The summed E-state index contributed by atoms with van der Waals surface area (Å²) in [6.07, 6.45) is 3.22. The number of hydrogen-bond donors (Lipinski definition) is 1. The van der Waals surface area contributed by atoms with E-state index in [1.54, 1.807) is 15.8 Å². The van der Waals surface area contributed by atoms with Crippen LogP contribution in [-0.2, 0) is 4.79 Å². The van der Waals surface area contributed by atoms with Crippen LogP contribution in [0, 0.1) is 19.8 Å². The van der Waals surface area contributed by atoms with E-state index in [0.717, 1.165) is 24.2 Å². The first-order valence-electron chi connectivity index (χ1n) is 9.66. The first-order chi connectivity index (χ1) is 14.0. The number of likely N-dealkylation sites (tertiary alicyclic amines) is 1. The van der Waals surface area contributed by atoms with Crippen LogP contribution in [0.5, 0.6) is 0 Å². The lowest BCUT2D eigenvalue weighted by atomic mass is 9.96. The van der Waals surface area contributed by atoms with Gasteiger partial charge in [0.1, 0.15) is 0 Å². The molecular formula is C21H23N5O2S.